The van der Waals surface area contributed by atoms with Gasteiger partial charge in [0.15, 0.2) is 9.84 Å². The first-order valence-corrected chi connectivity index (χ1v) is 9.17. The van der Waals surface area contributed by atoms with Crippen molar-refractivity contribution in [2.75, 3.05) is 12.4 Å². The summed E-state index contributed by atoms with van der Waals surface area (Å²) in [6, 6.07) is 10.7. The van der Waals surface area contributed by atoms with Gasteiger partial charge in [-0.05, 0) is 56.3 Å². The van der Waals surface area contributed by atoms with Crippen LogP contribution in [0.15, 0.2) is 47.4 Å². The van der Waals surface area contributed by atoms with Gasteiger partial charge in [-0.1, -0.05) is 11.6 Å². The van der Waals surface area contributed by atoms with Crippen molar-refractivity contribution >= 4 is 33.0 Å². The number of benzene rings is 2. The van der Waals surface area contributed by atoms with Gasteiger partial charge in [0.1, 0.15) is 5.75 Å². The largest absolute Gasteiger partial charge is 0.495 e. The number of nitrogens with one attached hydrogen (secondary N) is 1. The summed E-state index contributed by atoms with van der Waals surface area (Å²) in [7, 11) is -1.85. The minimum atomic E-state index is -3.35. The molecular weight excluding hydrogens is 350 g/mol. The van der Waals surface area contributed by atoms with Gasteiger partial charge in [0.25, 0.3) is 5.91 Å². The van der Waals surface area contributed by atoms with E-state index in [9.17, 15) is 13.2 Å². The van der Waals surface area contributed by atoms with Crippen LogP contribution in [-0.2, 0) is 9.84 Å². The van der Waals surface area contributed by atoms with Crippen LogP contribution >= 0.6 is 11.6 Å². The molecule has 0 radical (unpaired) electrons. The molecule has 2 rings (SSSR count). The molecule has 2 aromatic rings. The SMILES string of the molecule is COc1ccc(NC(=O)c2ccc(S(=O)(=O)C(C)C)cc2)cc1Cl. The van der Waals surface area contributed by atoms with Crippen molar-refractivity contribution in [3.63, 3.8) is 0 Å². The van der Waals surface area contributed by atoms with E-state index in [1.54, 1.807) is 32.0 Å². The Morgan fingerprint density at radius 1 is 1.12 bits per heavy atom. The van der Waals surface area contributed by atoms with Gasteiger partial charge in [-0.3, -0.25) is 4.79 Å². The minimum absolute atomic E-state index is 0.196. The number of carbonyl (C=O) groups is 1. The summed E-state index contributed by atoms with van der Waals surface area (Å²) in [5, 5.41) is 2.57. The van der Waals surface area contributed by atoms with Crippen LogP contribution in [0.3, 0.4) is 0 Å². The van der Waals surface area contributed by atoms with Gasteiger partial charge in [-0.25, -0.2) is 8.42 Å². The maximum Gasteiger partial charge on any atom is 0.255 e. The summed E-state index contributed by atoms with van der Waals surface area (Å²) >= 11 is 6.02. The van der Waals surface area contributed by atoms with E-state index in [1.165, 1.54) is 31.4 Å². The van der Waals surface area contributed by atoms with E-state index < -0.39 is 15.1 Å². The normalized spacial score (nSPS) is 11.4. The second kappa shape index (κ2) is 7.23. The molecule has 0 heterocycles. The molecular formula is C17H18ClNO4S. The number of anilines is 1. The zero-order valence-electron chi connectivity index (χ0n) is 13.5. The summed E-state index contributed by atoms with van der Waals surface area (Å²) < 4.78 is 29.2. The molecule has 128 valence electrons. The van der Waals surface area contributed by atoms with Crippen LogP contribution in [0.1, 0.15) is 24.2 Å². The highest BCUT2D eigenvalue weighted by Crippen LogP contribution is 2.27. The number of sulfone groups is 1. The lowest BCUT2D eigenvalue weighted by atomic mass is 10.2. The number of hydrogen-bond acceptors (Lipinski definition) is 4. The lowest BCUT2D eigenvalue weighted by molar-refractivity contribution is 0.102. The van der Waals surface area contributed by atoms with Crippen molar-refractivity contribution in [1.29, 1.82) is 0 Å². The quantitative estimate of drug-likeness (QED) is 0.872. The van der Waals surface area contributed by atoms with Gasteiger partial charge in [-0.2, -0.15) is 0 Å². The van der Waals surface area contributed by atoms with Crippen LogP contribution in [0.5, 0.6) is 5.75 Å². The third-order valence-corrected chi connectivity index (χ3v) is 5.94. The standard InChI is InChI=1S/C17H18ClNO4S/c1-11(2)24(21,22)14-7-4-12(5-8-14)17(20)19-13-6-9-16(23-3)15(18)10-13/h4-11H,1-3H3,(H,19,20). The second-order valence-electron chi connectivity index (χ2n) is 5.42. The third-order valence-electron chi connectivity index (χ3n) is 3.48. The van der Waals surface area contributed by atoms with Crippen LogP contribution in [0, 0.1) is 0 Å². The van der Waals surface area contributed by atoms with Crippen molar-refractivity contribution in [3.8, 4) is 5.75 Å². The molecule has 0 bridgehead atoms. The molecule has 0 aliphatic rings. The molecule has 0 atom stereocenters. The molecule has 0 saturated heterocycles. The van der Waals surface area contributed by atoms with Crippen molar-refractivity contribution in [1.82, 2.24) is 0 Å². The number of rotatable bonds is 5. The van der Waals surface area contributed by atoms with Crippen LogP contribution in [0.4, 0.5) is 5.69 Å². The summed E-state index contributed by atoms with van der Waals surface area (Å²) in [5.74, 6) is 0.155. The first-order chi connectivity index (χ1) is 11.3. The Bertz CT molecular complexity index is 845. The van der Waals surface area contributed by atoms with E-state index in [4.69, 9.17) is 16.3 Å². The zero-order valence-corrected chi connectivity index (χ0v) is 15.1. The Hall–Kier alpha value is -2.05. The van der Waals surface area contributed by atoms with Gasteiger partial charge in [0.05, 0.1) is 22.3 Å². The average molecular weight is 368 g/mol. The van der Waals surface area contributed by atoms with E-state index in [1.807, 2.05) is 0 Å². The predicted molar refractivity (Wildman–Crippen MR) is 94.7 cm³/mol. The number of amides is 1. The van der Waals surface area contributed by atoms with Gasteiger partial charge >= 0.3 is 0 Å². The summed E-state index contributed by atoms with van der Waals surface area (Å²) in [6.07, 6.45) is 0. The fourth-order valence-electron chi connectivity index (χ4n) is 2.02. The summed E-state index contributed by atoms with van der Waals surface area (Å²) in [6.45, 7) is 3.23. The van der Waals surface area contributed by atoms with Crippen LogP contribution in [0.25, 0.3) is 0 Å². The summed E-state index contributed by atoms with van der Waals surface area (Å²) in [4.78, 5) is 12.4. The molecule has 0 spiro atoms. The number of methoxy groups -OCH3 is 1. The molecule has 0 saturated carbocycles. The molecule has 24 heavy (non-hydrogen) atoms. The Kier molecular flexibility index (Phi) is 5.51. The highest BCUT2D eigenvalue weighted by Gasteiger charge is 2.19. The number of hydrogen-bond donors (Lipinski definition) is 1. The summed E-state index contributed by atoms with van der Waals surface area (Å²) in [5.41, 5.74) is 0.870. The van der Waals surface area contributed by atoms with Gasteiger partial charge in [0.2, 0.25) is 0 Å². The van der Waals surface area contributed by atoms with Crippen LogP contribution in [-0.4, -0.2) is 26.7 Å². The third kappa shape index (κ3) is 3.88. The smallest absolute Gasteiger partial charge is 0.255 e. The molecule has 0 unspecified atom stereocenters. The maximum absolute atomic E-state index is 12.2. The Balaban J connectivity index is 2.18. The first-order valence-electron chi connectivity index (χ1n) is 7.24. The Labute approximate surface area is 146 Å². The van der Waals surface area contributed by atoms with Crippen LogP contribution < -0.4 is 10.1 Å². The van der Waals surface area contributed by atoms with E-state index in [0.717, 1.165) is 0 Å². The van der Waals surface area contributed by atoms with E-state index in [-0.39, 0.29) is 10.8 Å². The van der Waals surface area contributed by atoms with Crippen molar-refractivity contribution in [3.05, 3.63) is 53.1 Å². The number of halogens is 1. The van der Waals surface area contributed by atoms with Gasteiger partial charge in [-0.15, -0.1) is 0 Å². The lowest BCUT2D eigenvalue weighted by Gasteiger charge is -2.10. The van der Waals surface area contributed by atoms with Crippen LogP contribution in [0.2, 0.25) is 5.02 Å². The predicted octanol–water partition coefficient (Wildman–Crippen LogP) is 3.78. The topological polar surface area (TPSA) is 72.5 Å². The molecule has 7 heteroatoms. The molecule has 0 fully saturated rings. The van der Waals surface area contributed by atoms with E-state index >= 15 is 0 Å². The Morgan fingerprint density at radius 2 is 1.75 bits per heavy atom. The highest BCUT2D eigenvalue weighted by molar-refractivity contribution is 7.92. The number of carbonyl (C=O) groups excluding carboxylic acids is 1. The molecule has 5 nitrogen and oxygen atoms in total. The highest BCUT2D eigenvalue weighted by atomic mass is 35.5. The first kappa shape index (κ1) is 18.3. The van der Waals surface area contributed by atoms with Gasteiger partial charge in [0, 0.05) is 11.3 Å². The second-order valence-corrected chi connectivity index (χ2v) is 8.33. The van der Waals surface area contributed by atoms with Crippen molar-refractivity contribution in [2.45, 2.75) is 24.0 Å². The fraction of sp³-hybridized carbons (Fsp3) is 0.235. The number of ether oxygens (including phenoxy) is 1. The van der Waals surface area contributed by atoms with E-state index in [2.05, 4.69) is 5.32 Å². The van der Waals surface area contributed by atoms with Crippen molar-refractivity contribution < 1.29 is 17.9 Å². The fourth-order valence-corrected chi connectivity index (χ4v) is 3.33. The zero-order chi connectivity index (χ0) is 17.9. The molecule has 2 aromatic carbocycles. The van der Waals surface area contributed by atoms with Crippen molar-refractivity contribution in [2.24, 2.45) is 0 Å². The molecule has 1 amide bonds. The lowest BCUT2D eigenvalue weighted by Crippen LogP contribution is -2.15. The average Bonchev–Trinajstić information content (AvgIpc) is 2.55. The minimum Gasteiger partial charge on any atom is -0.495 e. The van der Waals surface area contributed by atoms with E-state index in [0.29, 0.717) is 22.0 Å². The molecule has 0 aromatic heterocycles. The molecule has 0 aliphatic carbocycles. The van der Waals surface area contributed by atoms with Gasteiger partial charge < -0.3 is 10.1 Å². The monoisotopic (exact) mass is 367 g/mol. The Morgan fingerprint density at radius 3 is 2.25 bits per heavy atom. The molecule has 1 N–H and O–H groups in total. The maximum atomic E-state index is 12.2. The molecule has 0 aliphatic heterocycles.